The van der Waals surface area contributed by atoms with Crippen molar-refractivity contribution in [3.05, 3.63) is 63.2 Å². The normalized spacial score (nSPS) is 12.2. The Balaban J connectivity index is 2.33. The Kier molecular flexibility index (Phi) is 5.18. The lowest BCUT2D eigenvalue weighted by Crippen LogP contribution is -2.28. The van der Waals surface area contributed by atoms with Crippen LogP contribution in [0, 0.1) is 3.57 Å². The Hall–Kier alpha value is -1.11. The van der Waals surface area contributed by atoms with Crippen molar-refractivity contribution in [2.24, 2.45) is 5.84 Å². The molecule has 0 saturated heterocycles. The molecule has 0 heterocycles. The number of hydrazine groups is 1. The third-order valence-corrected chi connectivity index (χ3v) is 3.52. The van der Waals surface area contributed by atoms with Crippen LogP contribution in [-0.4, -0.2) is 6.61 Å². The fourth-order valence-corrected chi connectivity index (χ4v) is 2.59. The van der Waals surface area contributed by atoms with Gasteiger partial charge in [-0.1, -0.05) is 24.3 Å². The average molecular weight is 368 g/mol. The van der Waals surface area contributed by atoms with Gasteiger partial charge in [0.1, 0.15) is 5.75 Å². The molecule has 0 amide bonds. The smallest absolute Gasteiger partial charge is 0.119 e. The van der Waals surface area contributed by atoms with Crippen molar-refractivity contribution in [1.29, 1.82) is 0 Å². The van der Waals surface area contributed by atoms with Gasteiger partial charge in [-0.05, 0) is 64.9 Å². The fourth-order valence-electron chi connectivity index (χ4n) is 2.02. The number of nitrogens with two attached hydrogens (primary N) is 1. The zero-order valence-electron chi connectivity index (χ0n) is 10.8. The molecule has 1 atom stereocenters. The molecule has 0 aliphatic rings. The van der Waals surface area contributed by atoms with E-state index in [2.05, 4.69) is 46.2 Å². The molecule has 19 heavy (non-hydrogen) atoms. The van der Waals surface area contributed by atoms with Crippen LogP contribution in [0.5, 0.6) is 5.75 Å². The first-order valence-electron chi connectivity index (χ1n) is 6.19. The van der Waals surface area contributed by atoms with Crippen LogP contribution in [0.4, 0.5) is 0 Å². The van der Waals surface area contributed by atoms with E-state index < -0.39 is 0 Å². The molecule has 0 aromatic heterocycles. The summed E-state index contributed by atoms with van der Waals surface area (Å²) in [6.45, 7) is 2.64. The van der Waals surface area contributed by atoms with Crippen molar-refractivity contribution in [1.82, 2.24) is 5.43 Å². The summed E-state index contributed by atoms with van der Waals surface area (Å²) < 4.78 is 6.72. The zero-order chi connectivity index (χ0) is 13.7. The largest absolute Gasteiger partial charge is 0.494 e. The lowest BCUT2D eigenvalue weighted by molar-refractivity contribution is 0.339. The van der Waals surface area contributed by atoms with E-state index in [-0.39, 0.29) is 6.04 Å². The first-order valence-corrected chi connectivity index (χ1v) is 7.27. The van der Waals surface area contributed by atoms with Crippen molar-refractivity contribution >= 4 is 22.6 Å². The Bertz CT molecular complexity index is 545. The van der Waals surface area contributed by atoms with Crippen LogP contribution >= 0.6 is 22.6 Å². The maximum absolute atomic E-state index is 5.72. The second kappa shape index (κ2) is 6.88. The molecule has 2 aromatic rings. The van der Waals surface area contributed by atoms with Crippen molar-refractivity contribution < 1.29 is 4.74 Å². The Morgan fingerprint density at radius 1 is 1.16 bits per heavy atom. The summed E-state index contributed by atoms with van der Waals surface area (Å²) in [5.74, 6) is 6.58. The van der Waals surface area contributed by atoms with Gasteiger partial charge in [-0.15, -0.1) is 0 Å². The molecule has 3 N–H and O–H groups in total. The molecule has 0 aliphatic heterocycles. The topological polar surface area (TPSA) is 47.3 Å². The highest BCUT2D eigenvalue weighted by molar-refractivity contribution is 14.1. The molecule has 0 aliphatic carbocycles. The third-order valence-electron chi connectivity index (χ3n) is 2.85. The highest BCUT2D eigenvalue weighted by Gasteiger charge is 2.13. The molecule has 2 aromatic carbocycles. The summed E-state index contributed by atoms with van der Waals surface area (Å²) in [7, 11) is 0. The van der Waals surface area contributed by atoms with Gasteiger partial charge in [-0.25, -0.2) is 5.43 Å². The van der Waals surface area contributed by atoms with Crippen LogP contribution in [-0.2, 0) is 0 Å². The van der Waals surface area contributed by atoms with E-state index in [9.17, 15) is 0 Å². The van der Waals surface area contributed by atoms with Crippen LogP contribution < -0.4 is 16.0 Å². The van der Waals surface area contributed by atoms with Crippen molar-refractivity contribution in [3.8, 4) is 5.75 Å². The second-order valence-electron chi connectivity index (χ2n) is 4.16. The van der Waals surface area contributed by atoms with Gasteiger partial charge in [0.25, 0.3) is 0 Å². The van der Waals surface area contributed by atoms with Crippen molar-refractivity contribution in [2.45, 2.75) is 13.0 Å². The van der Waals surface area contributed by atoms with Gasteiger partial charge in [-0.3, -0.25) is 5.84 Å². The highest BCUT2D eigenvalue weighted by Crippen LogP contribution is 2.25. The number of ether oxygens (including phenoxy) is 1. The van der Waals surface area contributed by atoms with Gasteiger partial charge in [0, 0.05) is 3.57 Å². The molecule has 4 heteroatoms. The van der Waals surface area contributed by atoms with Gasteiger partial charge in [0.05, 0.1) is 12.6 Å². The molecule has 0 spiro atoms. The average Bonchev–Trinajstić information content (AvgIpc) is 2.41. The molecule has 1 unspecified atom stereocenters. The predicted octanol–water partition coefficient (Wildman–Crippen LogP) is 3.24. The van der Waals surface area contributed by atoms with Crippen LogP contribution in [0.3, 0.4) is 0 Å². The van der Waals surface area contributed by atoms with E-state index in [1.807, 2.05) is 37.3 Å². The van der Waals surface area contributed by atoms with Crippen LogP contribution in [0.1, 0.15) is 24.1 Å². The van der Waals surface area contributed by atoms with Gasteiger partial charge in [0.2, 0.25) is 0 Å². The summed E-state index contributed by atoms with van der Waals surface area (Å²) >= 11 is 2.30. The van der Waals surface area contributed by atoms with E-state index in [1.54, 1.807) is 0 Å². The summed E-state index contributed by atoms with van der Waals surface area (Å²) in [4.78, 5) is 0. The molecule has 0 radical (unpaired) electrons. The number of nitrogens with one attached hydrogen (secondary N) is 1. The summed E-state index contributed by atoms with van der Waals surface area (Å²) in [6.07, 6.45) is 0. The standard InChI is InChI=1S/C15H17IN2O/c1-2-19-14-8-4-6-12(10-14)15(18-17)11-5-3-7-13(16)9-11/h3-10,15,18H,2,17H2,1H3. The number of benzene rings is 2. The van der Waals surface area contributed by atoms with Crippen LogP contribution in [0.15, 0.2) is 48.5 Å². The molecule has 100 valence electrons. The lowest BCUT2D eigenvalue weighted by Gasteiger charge is -2.18. The van der Waals surface area contributed by atoms with E-state index in [4.69, 9.17) is 10.6 Å². The summed E-state index contributed by atoms with van der Waals surface area (Å²) in [5, 5.41) is 0. The molecule has 0 saturated carbocycles. The van der Waals surface area contributed by atoms with E-state index >= 15 is 0 Å². The van der Waals surface area contributed by atoms with Crippen molar-refractivity contribution in [2.75, 3.05) is 6.61 Å². The SMILES string of the molecule is CCOc1cccc(C(NN)c2cccc(I)c2)c1. The van der Waals surface area contributed by atoms with E-state index in [0.717, 1.165) is 16.9 Å². The van der Waals surface area contributed by atoms with E-state index in [1.165, 1.54) is 3.57 Å². The maximum atomic E-state index is 5.72. The fraction of sp³-hybridized carbons (Fsp3) is 0.200. The minimum atomic E-state index is -0.0323. The minimum absolute atomic E-state index is 0.0323. The summed E-state index contributed by atoms with van der Waals surface area (Å²) in [5.41, 5.74) is 5.11. The van der Waals surface area contributed by atoms with Gasteiger partial charge < -0.3 is 4.74 Å². The molecule has 0 bridgehead atoms. The quantitative estimate of drug-likeness (QED) is 0.484. The monoisotopic (exact) mass is 368 g/mol. The molecular formula is C15H17IN2O. The van der Waals surface area contributed by atoms with Crippen LogP contribution in [0.2, 0.25) is 0 Å². The maximum Gasteiger partial charge on any atom is 0.119 e. The van der Waals surface area contributed by atoms with E-state index in [0.29, 0.717) is 6.61 Å². The first kappa shape index (κ1) is 14.3. The first-order chi connectivity index (χ1) is 9.24. The Morgan fingerprint density at radius 2 is 1.84 bits per heavy atom. The number of hydrogen-bond donors (Lipinski definition) is 2. The predicted molar refractivity (Wildman–Crippen MR) is 85.9 cm³/mol. The number of hydrogen-bond acceptors (Lipinski definition) is 3. The second-order valence-corrected chi connectivity index (χ2v) is 5.41. The van der Waals surface area contributed by atoms with Gasteiger partial charge in [0.15, 0.2) is 0 Å². The van der Waals surface area contributed by atoms with Gasteiger partial charge >= 0.3 is 0 Å². The molecular weight excluding hydrogens is 351 g/mol. The lowest BCUT2D eigenvalue weighted by atomic mass is 9.99. The number of halogens is 1. The Morgan fingerprint density at radius 3 is 2.47 bits per heavy atom. The molecule has 2 rings (SSSR count). The number of rotatable bonds is 5. The van der Waals surface area contributed by atoms with Crippen molar-refractivity contribution in [3.63, 3.8) is 0 Å². The third kappa shape index (κ3) is 3.68. The molecule has 0 fully saturated rings. The minimum Gasteiger partial charge on any atom is -0.494 e. The molecule has 3 nitrogen and oxygen atoms in total. The summed E-state index contributed by atoms with van der Waals surface area (Å²) in [6, 6.07) is 16.3. The Labute approximate surface area is 127 Å². The van der Waals surface area contributed by atoms with Gasteiger partial charge in [-0.2, -0.15) is 0 Å². The zero-order valence-corrected chi connectivity index (χ0v) is 12.9. The highest BCUT2D eigenvalue weighted by atomic mass is 127. The van der Waals surface area contributed by atoms with Crippen LogP contribution in [0.25, 0.3) is 0 Å².